The van der Waals surface area contributed by atoms with E-state index >= 15 is 0 Å². The largest absolute Gasteiger partial charge is 0.481 e. The summed E-state index contributed by atoms with van der Waals surface area (Å²) < 4.78 is 64.7. The number of hydrogen-bond acceptors (Lipinski definition) is 2. The average molecular weight is 283 g/mol. The van der Waals surface area contributed by atoms with Gasteiger partial charge in [-0.25, -0.2) is 22.0 Å². The first-order valence-corrected chi connectivity index (χ1v) is 5.29. The molecule has 0 unspecified atom stereocenters. The third-order valence-corrected chi connectivity index (χ3v) is 2.35. The monoisotopic (exact) mass is 283 g/mol. The molecule has 0 spiro atoms. The number of carbonyl (C=O) groups is 1. The van der Waals surface area contributed by atoms with E-state index < -0.39 is 47.2 Å². The number of benzene rings is 1. The molecule has 0 fully saturated rings. The molecular formula is C11H10F5NO2. The van der Waals surface area contributed by atoms with Gasteiger partial charge in [0.25, 0.3) is 0 Å². The highest BCUT2D eigenvalue weighted by Crippen LogP contribution is 2.22. The van der Waals surface area contributed by atoms with Crippen molar-refractivity contribution in [2.45, 2.75) is 19.4 Å². The summed E-state index contributed by atoms with van der Waals surface area (Å²) in [7, 11) is 0. The van der Waals surface area contributed by atoms with Gasteiger partial charge in [-0.2, -0.15) is 0 Å². The van der Waals surface area contributed by atoms with Crippen LogP contribution in [0.1, 0.15) is 18.4 Å². The minimum absolute atomic E-state index is 0.0752. The van der Waals surface area contributed by atoms with Crippen LogP contribution in [0, 0.1) is 29.1 Å². The van der Waals surface area contributed by atoms with Gasteiger partial charge in [-0.15, -0.1) is 0 Å². The van der Waals surface area contributed by atoms with E-state index in [2.05, 4.69) is 5.32 Å². The molecule has 19 heavy (non-hydrogen) atoms. The van der Waals surface area contributed by atoms with E-state index in [4.69, 9.17) is 5.11 Å². The maximum Gasteiger partial charge on any atom is 0.303 e. The predicted octanol–water partition coefficient (Wildman–Crippen LogP) is 2.34. The Balaban J connectivity index is 2.71. The molecule has 0 aliphatic rings. The molecule has 0 aliphatic carbocycles. The molecule has 8 heteroatoms. The molecule has 0 saturated carbocycles. The van der Waals surface area contributed by atoms with Gasteiger partial charge >= 0.3 is 5.97 Å². The summed E-state index contributed by atoms with van der Waals surface area (Å²) in [5.74, 6) is -11.0. The summed E-state index contributed by atoms with van der Waals surface area (Å²) >= 11 is 0. The molecule has 0 bridgehead atoms. The van der Waals surface area contributed by atoms with E-state index in [1.165, 1.54) is 0 Å². The van der Waals surface area contributed by atoms with Gasteiger partial charge in [0.15, 0.2) is 23.3 Å². The third kappa shape index (κ3) is 3.63. The van der Waals surface area contributed by atoms with E-state index in [1.807, 2.05) is 0 Å². The Morgan fingerprint density at radius 2 is 1.42 bits per heavy atom. The highest BCUT2D eigenvalue weighted by molar-refractivity contribution is 5.66. The zero-order valence-electron chi connectivity index (χ0n) is 9.57. The molecule has 0 heterocycles. The zero-order chi connectivity index (χ0) is 14.6. The number of halogens is 5. The van der Waals surface area contributed by atoms with Crippen LogP contribution in [0.5, 0.6) is 0 Å². The first-order chi connectivity index (χ1) is 8.86. The zero-order valence-corrected chi connectivity index (χ0v) is 9.57. The highest BCUT2D eigenvalue weighted by atomic mass is 19.2. The Kier molecular flexibility index (Phi) is 5.22. The van der Waals surface area contributed by atoms with Gasteiger partial charge in [-0.05, 0) is 13.0 Å². The van der Waals surface area contributed by atoms with Crippen molar-refractivity contribution >= 4 is 5.97 Å². The first kappa shape index (κ1) is 15.4. The third-order valence-electron chi connectivity index (χ3n) is 2.35. The second-order valence-corrected chi connectivity index (χ2v) is 3.72. The standard InChI is InChI=1S/C11H10F5NO2/c12-7-5(4-17-3-1-2-6(18)19)8(13)10(15)11(16)9(7)14/h17H,1-4H2,(H,18,19). The van der Waals surface area contributed by atoms with Gasteiger partial charge in [0.05, 0.1) is 0 Å². The van der Waals surface area contributed by atoms with Crippen molar-refractivity contribution in [2.75, 3.05) is 6.54 Å². The van der Waals surface area contributed by atoms with Crippen molar-refractivity contribution in [1.82, 2.24) is 5.32 Å². The molecular weight excluding hydrogens is 273 g/mol. The normalized spacial score (nSPS) is 10.8. The molecule has 106 valence electrons. The second-order valence-electron chi connectivity index (χ2n) is 3.72. The van der Waals surface area contributed by atoms with Crippen LogP contribution >= 0.6 is 0 Å². The fourth-order valence-electron chi connectivity index (χ4n) is 1.38. The number of carboxylic acids is 1. The Bertz CT molecular complexity index is 463. The van der Waals surface area contributed by atoms with Crippen LogP contribution in [0.3, 0.4) is 0 Å². The fourth-order valence-corrected chi connectivity index (χ4v) is 1.38. The van der Waals surface area contributed by atoms with E-state index in [1.54, 1.807) is 0 Å². The quantitative estimate of drug-likeness (QED) is 0.364. The topological polar surface area (TPSA) is 49.3 Å². The van der Waals surface area contributed by atoms with Gasteiger partial charge in [0, 0.05) is 18.5 Å². The van der Waals surface area contributed by atoms with Crippen molar-refractivity contribution in [3.63, 3.8) is 0 Å². The fraction of sp³-hybridized carbons (Fsp3) is 0.364. The lowest BCUT2D eigenvalue weighted by Gasteiger charge is -2.09. The van der Waals surface area contributed by atoms with Crippen molar-refractivity contribution in [3.05, 3.63) is 34.6 Å². The Morgan fingerprint density at radius 3 is 1.89 bits per heavy atom. The molecule has 0 saturated heterocycles. The van der Waals surface area contributed by atoms with Crippen molar-refractivity contribution in [2.24, 2.45) is 0 Å². The number of carboxylic acid groups (broad SMARTS) is 1. The van der Waals surface area contributed by atoms with E-state index in [-0.39, 0.29) is 19.4 Å². The van der Waals surface area contributed by atoms with Gasteiger partial charge in [0.2, 0.25) is 5.82 Å². The van der Waals surface area contributed by atoms with Crippen LogP contribution < -0.4 is 5.32 Å². The summed E-state index contributed by atoms with van der Waals surface area (Å²) in [4.78, 5) is 10.2. The van der Waals surface area contributed by atoms with Crippen LogP contribution in [0.15, 0.2) is 0 Å². The van der Waals surface area contributed by atoms with Crippen molar-refractivity contribution < 1.29 is 31.9 Å². The maximum absolute atomic E-state index is 13.2. The average Bonchev–Trinajstić information content (AvgIpc) is 2.37. The van der Waals surface area contributed by atoms with Gasteiger partial charge in [0.1, 0.15) is 0 Å². The molecule has 1 aromatic carbocycles. The Hall–Kier alpha value is -1.70. The van der Waals surface area contributed by atoms with Crippen LogP contribution in [0.25, 0.3) is 0 Å². The smallest absolute Gasteiger partial charge is 0.303 e. The minimum atomic E-state index is -2.20. The Morgan fingerprint density at radius 1 is 0.947 bits per heavy atom. The molecule has 0 aromatic heterocycles. The summed E-state index contributed by atoms with van der Waals surface area (Å²) in [5, 5.41) is 10.7. The van der Waals surface area contributed by atoms with Crippen LogP contribution in [-0.2, 0) is 11.3 Å². The van der Waals surface area contributed by atoms with Gasteiger partial charge in [-0.1, -0.05) is 0 Å². The lowest BCUT2D eigenvalue weighted by molar-refractivity contribution is -0.137. The molecule has 0 aliphatic heterocycles. The van der Waals surface area contributed by atoms with E-state index in [0.29, 0.717) is 0 Å². The van der Waals surface area contributed by atoms with E-state index in [9.17, 15) is 26.7 Å². The molecule has 0 atom stereocenters. The molecule has 0 amide bonds. The molecule has 1 aromatic rings. The summed E-state index contributed by atoms with van der Waals surface area (Å²) in [5.41, 5.74) is -0.966. The van der Waals surface area contributed by atoms with Crippen LogP contribution in [0.2, 0.25) is 0 Å². The summed E-state index contributed by atoms with van der Waals surface area (Å²) in [6.07, 6.45) is 0.00876. The minimum Gasteiger partial charge on any atom is -0.481 e. The molecule has 0 radical (unpaired) electrons. The van der Waals surface area contributed by atoms with Gasteiger partial charge < -0.3 is 10.4 Å². The number of hydrogen-bond donors (Lipinski definition) is 2. The molecule has 1 rings (SSSR count). The summed E-state index contributed by atoms with van der Waals surface area (Å²) in [6, 6.07) is 0. The SMILES string of the molecule is O=C(O)CCCNCc1c(F)c(F)c(F)c(F)c1F. The number of aliphatic carboxylic acids is 1. The maximum atomic E-state index is 13.2. The van der Waals surface area contributed by atoms with Crippen LogP contribution in [-0.4, -0.2) is 17.6 Å². The first-order valence-electron chi connectivity index (χ1n) is 5.29. The Labute approximate surface area is 105 Å². The molecule has 3 nitrogen and oxygen atoms in total. The highest BCUT2D eigenvalue weighted by Gasteiger charge is 2.25. The number of rotatable bonds is 6. The van der Waals surface area contributed by atoms with Crippen LogP contribution in [0.4, 0.5) is 22.0 Å². The number of nitrogens with one attached hydrogen (secondary N) is 1. The van der Waals surface area contributed by atoms with Crippen molar-refractivity contribution in [3.8, 4) is 0 Å². The predicted molar refractivity (Wildman–Crippen MR) is 54.8 cm³/mol. The lowest BCUT2D eigenvalue weighted by atomic mass is 10.1. The van der Waals surface area contributed by atoms with Gasteiger partial charge in [-0.3, -0.25) is 4.79 Å². The summed E-state index contributed by atoms with van der Waals surface area (Å²) in [6.45, 7) is -0.503. The van der Waals surface area contributed by atoms with E-state index in [0.717, 1.165) is 0 Å². The molecule has 2 N–H and O–H groups in total. The second kappa shape index (κ2) is 6.46. The van der Waals surface area contributed by atoms with Crippen molar-refractivity contribution in [1.29, 1.82) is 0 Å². The lowest BCUT2D eigenvalue weighted by Crippen LogP contribution is -2.19.